The summed E-state index contributed by atoms with van der Waals surface area (Å²) in [5.74, 6) is 0.787. The predicted molar refractivity (Wildman–Crippen MR) is 121 cm³/mol. The fourth-order valence-electron chi connectivity index (χ4n) is 4.07. The van der Waals surface area contributed by atoms with Crippen LogP contribution in [0.1, 0.15) is 5.56 Å². The van der Waals surface area contributed by atoms with E-state index in [0.717, 1.165) is 62.8 Å². The molecule has 0 bridgehead atoms. The third-order valence-electron chi connectivity index (χ3n) is 5.64. The van der Waals surface area contributed by atoms with Crippen molar-refractivity contribution in [1.82, 2.24) is 19.4 Å². The maximum absolute atomic E-state index is 6.28. The molecule has 0 atom stereocenters. The standard InChI is InChI=1S/C23H24ClN5O/c24-23-26-21(25-9-11-28-12-14-30-15-13-28)20-8-10-29(22(20)27-23)16-18-6-3-5-17-4-1-2-7-19(17)18/h1-8,10H,9,11-16H2,(H,25,26,27). The summed E-state index contributed by atoms with van der Waals surface area (Å²) in [5.41, 5.74) is 2.10. The summed E-state index contributed by atoms with van der Waals surface area (Å²) in [5, 5.41) is 7.19. The van der Waals surface area contributed by atoms with Crippen LogP contribution in [0.5, 0.6) is 0 Å². The van der Waals surface area contributed by atoms with Crippen LogP contribution in [0.4, 0.5) is 5.82 Å². The number of hydrogen-bond donors (Lipinski definition) is 1. The van der Waals surface area contributed by atoms with Gasteiger partial charge in [-0.15, -0.1) is 0 Å². The minimum Gasteiger partial charge on any atom is -0.379 e. The minimum absolute atomic E-state index is 0.259. The number of fused-ring (bicyclic) bond motifs is 2. The van der Waals surface area contributed by atoms with Gasteiger partial charge in [-0.25, -0.2) is 4.98 Å². The van der Waals surface area contributed by atoms with Gasteiger partial charge in [-0.2, -0.15) is 4.98 Å². The molecule has 6 nitrogen and oxygen atoms in total. The van der Waals surface area contributed by atoms with Gasteiger partial charge in [0.05, 0.1) is 18.6 Å². The van der Waals surface area contributed by atoms with Crippen molar-refractivity contribution in [1.29, 1.82) is 0 Å². The first-order valence-electron chi connectivity index (χ1n) is 10.3. The molecule has 0 radical (unpaired) electrons. The highest BCUT2D eigenvalue weighted by Crippen LogP contribution is 2.26. The lowest BCUT2D eigenvalue weighted by atomic mass is 10.0. The molecular weight excluding hydrogens is 398 g/mol. The van der Waals surface area contributed by atoms with Crippen LogP contribution in [0.2, 0.25) is 5.28 Å². The molecule has 0 amide bonds. The molecule has 0 spiro atoms. The Morgan fingerprint density at radius 3 is 2.70 bits per heavy atom. The molecule has 5 rings (SSSR count). The van der Waals surface area contributed by atoms with Gasteiger partial charge in [-0.3, -0.25) is 4.90 Å². The van der Waals surface area contributed by atoms with Crippen molar-refractivity contribution in [2.75, 3.05) is 44.7 Å². The summed E-state index contributed by atoms with van der Waals surface area (Å²) in [7, 11) is 0. The molecule has 3 heterocycles. The van der Waals surface area contributed by atoms with E-state index in [9.17, 15) is 0 Å². The van der Waals surface area contributed by atoms with Crippen LogP contribution in [0.25, 0.3) is 21.8 Å². The number of nitrogens with one attached hydrogen (secondary N) is 1. The zero-order valence-electron chi connectivity index (χ0n) is 16.7. The van der Waals surface area contributed by atoms with E-state index in [0.29, 0.717) is 0 Å². The molecule has 1 aliphatic rings. The van der Waals surface area contributed by atoms with E-state index >= 15 is 0 Å². The van der Waals surface area contributed by atoms with Crippen molar-refractivity contribution in [3.63, 3.8) is 0 Å². The Balaban J connectivity index is 1.39. The third kappa shape index (κ3) is 3.99. The normalized spacial score (nSPS) is 15.1. The fourth-order valence-corrected chi connectivity index (χ4v) is 4.24. The van der Waals surface area contributed by atoms with Crippen LogP contribution in [0, 0.1) is 0 Å². The Bertz CT molecular complexity index is 1160. The number of hydrogen-bond acceptors (Lipinski definition) is 5. The zero-order chi connectivity index (χ0) is 20.3. The number of anilines is 1. The average molecular weight is 422 g/mol. The van der Waals surface area contributed by atoms with Crippen molar-refractivity contribution >= 4 is 39.2 Å². The second-order valence-electron chi connectivity index (χ2n) is 7.54. The van der Waals surface area contributed by atoms with E-state index in [1.165, 1.54) is 16.3 Å². The van der Waals surface area contributed by atoms with Gasteiger partial charge in [-0.1, -0.05) is 42.5 Å². The van der Waals surface area contributed by atoms with Gasteiger partial charge in [0.25, 0.3) is 0 Å². The van der Waals surface area contributed by atoms with Gasteiger partial charge in [0.2, 0.25) is 5.28 Å². The number of halogens is 1. The lowest BCUT2D eigenvalue weighted by Gasteiger charge is -2.26. The number of nitrogens with zero attached hydrogens (tertiary/aromatic N) is 4. The number of morpholine rings is 1. The first-order chi connectivity index (χ1) is 14.8. The highest BCUT2D eigenvalue weighted by Gasteiger charge is 2.14. The molecule has 2 aromatic heterocycles. The third-order valence-corrected chi connectivity index (χ3v) is 5.81. The van der Waals surface area contributed by atoms with E-state index in [2.05, 4.69) is 79.5 Å². The molecule has 4 aromatic rings. The van der Waals surface area contributed by atoms with E-state index in [-0.39, 0.29) is 5.28 Å². The number of ether oxygens (including phenoxy) is 1. The van der Waals surface area contributed by atoms with Crippen LogP contribution in [-0.4, -0.2) is 58.8 Å². The number of benzene rings is 2. The lowest BCUT2D eigenvalue weighted by Crippen LogP contribution is -2.39. The summed E-state index contributed by atoms with van der Waals surface area (Å²) in [4.78, 5) is 11.4. The number of aromatic nitrogens is 3. The van der Waals surface area contributed by atoms with Crippen molar-refractivity contribution in [3.05, 3.63) is 65.6 Å². The molecule has 7 heteroatoms. The molecule has 1 N–H and O–H groups in total. The summed E-state index contributed by atoms with van der Waals surface area (Å²) < 4.78 is 7.55. The second kappa shape index (κ2) is 8.60. The van der Waals surface area contributed by atoms with Crippen molar-refractivity contribution in [2.24, 2.45) is 0 Å². The highest BCUT2D eigenvalue weighted by molar-refractivity contribution is 6.28. The Hall–Kier alpha value is -2.67. The van der Waals surface area contributed by atoms with Gasteiger partial charge >= 0.3 is 0 Å². The molecule has 0 saturated carbocycles. The van der Waals surface area contributed by atoms with E-state index in [1.54, 1.807) is 0 Å². The highest BCUT2D eigenvalue weighted by atomic mass is 35.5. The quantitative estimate of drug-likeness (QED) is 0.476. The van der Waals surface area contributed by atoms with Gasteiger partial charge in [0, 0.05) is 38.9 Å². The summed E-state index contributed by atoms with van der Waals surface area (Å²) in [6.07, 6.45) is 2.06. The van der Waals surface area contributed by atoms with Gasteiger partial charge in [-0.05, 0) is 34.0 Å². The Kier molecular flexibility index (Phi) is 5.53. The average Bonchev–Trinajstić information content (AvgIpc) is 3.17. The summed E-state index contributed by atoms with van der Waals surface area (Å²) in [6, 6.07) is 16.9. The lowest BCUT2D eigenvalue weighted by molar-refractivity contribution is 0.0398. The van der Waals surface area contributed by atoms with Crippen LogP contribution in [0.15, 0.2) is 54.7 Å². The molecular formula is C23H24ClN5O. The van der Waals surface area contributed by atoms with Crippen molar-refractivity contribution < 1.29 is 4.74 Å². The maximum atomic E-state index is 6.28. The summed E-state index contributed by atoms with van der Waals surface area (Å²) >= 11 is 6.28. The van der Waals surface area contributed by atoms with E-state index < -0.39 is 0 Å². The molecule has 1 fully saturated rings. The molecule has 1 saturated heterocycles. The van der Waals surface area contributed by atoms with Gasteiger partial charge in [0.1, 0.15) is 11.5 Å². The van der Waals surface area contributed by atoms with E-state index in [4.69, 9.17) is 16.3 Å². The van der Waals surface area contributed by atoms with Crippen LogP contribution in [0.3, 0.4) is 0 Å². The second-order valence-corrected chi connectivity index (χ2v) is 7.88. The largest absolute Gasteiger partial charge is 0.379 e. The van der Waals surface area contributed by atoms with Gasteiger partial charge in [0.15, 0.2) is 0 Å². The molecule has 2 aromatic carbocycles. The van der Waals surface area contributed by atoms with Crippen LogP contribution < -0.4 is 5.32 Å². The minimum atomic E-state index is 0.259. The molecule has 0 aliphatic carbocycles. The summed E-state index contributed by atoms with van der Waals surface area (Å²) in [6.45, 7) is 6.04. The molecule has 154 valence electrons. The molecule has 1 aliphatic heterocycles. The van der Waals surface area contributed by atoms with Crippen LogP contribution in [-0.2, 0) is 11.3 Å². The fraction of sp³-hybridized carbons (Fsp3) is 0.304. The van der Waals surface area contributed by atoms with E-state index in [1.807, 2.05) is 0 Å². The SMILES string of the molecule is Clc1nc(NCCN2CCOCC2)c2ccn(Cc3cccc4ccccc34)c2n1. The first-order valence-corrected chi connectivity index (χ1v) is 10.7. The smallest absolute Gasteiger partial charge is 0.226 e. The molecule has 0 unspecified atom stereocenters. The van der Waals surface area contributed by atoms with Crippen molar-refractivity contribution in [2.45, 2.75) is 6.54 Å². The Morgan fingerprint density at radius 1 is 0.967 bits per heavy atom. The zero-order valence-corrected chi connectivity index (χ0v) is 17.5. The number of rotatable bonds is 6. The Morgan fingerprint density at radius 2 is 1.80 bits per heavy atom. The maximum Gasteiger partial charge on any atom is 0.226 e. The van der Waals surface area contributed by atoms with Crippen molar-refractivity contribution in [3.8, 4) is 0 Å². The first kappa shape index (κ1) is 19.3. The topological polar surface area (TPSA) is 55.2 Å². The monoisotopic (exact) mass is 421 g/mol. The predicted octanol–water partition coefficient (Wildman–Crippen LogP) is 4.03. The Labute approximate surface area is 180 Å². The molecule has 30 heavy (non-hydrogen) atoms. The van der Waals surface area contributed by atoms with Crippen LogP contribution >= 0.6 is 11.6 Å². The van der Waals surface area contributed by atoms with Gasteiger partial charge < -0.3 is 14.6 Å².